The minimum atomic E-state index is 0.962. The van der Waals surface area contributed by atoms with Crippen molar-refractivity contribution in [1.29, 1.82) is 0 Å². The maximum atomic E-state index is 3.57. The van der Waals surface area contributed by atoms with E-state index in [4.69, 9.17) is 0 Å². The summed E-state index contributed by atoms with van der Waals surface area (Å²) in [5, 5.41) is 3.57. The molecule has 2 rings (SSSR count). The molecule has 2 aromatic rings. The average molecular weight is 267 g/mol. The first-order valence-electron chi connectivity index (χ1n) is 7.39. The van der Waals surface area contributed by atoms with E-state index in [-0.39, 0.29) is 0 Å². The lowest BCUT2D eigenvalue weighted by atomic mass is 10.00. The van der Waals surface area contributed by atoms with Crippen molar-refractivity contribution in [2.24, 2.45) is 0 Å². The molecule has 0 aromatic heterocycles. The Morgan fingerprint density at radius 1 is 0.850 bits per heavy atom. The molecule has 0 amide bonds. The molecule has 0 bridgehead atoms. The number of hydrogen-bond donors (Lipinski definition) is 1. The van der Waals surface area contributed by atoms with Crippen molar-refractivity contribution in [2.75, 3.05) is 6.54 Å². The van der Waals surface area contributed by atoms with Gasteiger partial charge in [0.15, 0.2) is 0 Å². The van der Waals surface area contributed by atoms with Gasteiger partial charge in [0.1, 0.15) is 0 Å². The zero-order valence-electron chi connectivity index (χ0n) is 13.1. The van der Waals surface area contributed by atoms with Crippen molar-refractivity contribution in [3.8, 4) is 0 Å². The molecule has 106 valence electrons. The van der Waals surface area contributed by atoms with E-state index in [1.165, 1.54) is 33.4 Å². The molecule has 0 spiro atoms. The third-order valence-corrected chi connectivity index (χ3v) is 3.82. The Morgan fingerprint density at radius 3 is 2.20 bits per heavy atom. The van der Waals surface area contributed by atoms with Crippen LogP contribution in [0.5, 0.6) is 0 Å². The Bertz CT molecular complexity index is 561. The maximum absolute atomic E-state index is 3.57. The van der Waals surface area contributed by atoms with Gasteiger partial charge < -0.3 is 5.32 Å². The highest BCUT2D eigenvalue weighted by molar-refractivity contribution is 5.37. The lowest BCUT2D eigenvalue weighted by molar-refractivity contribution is 0.681. The van der Waals surface area contributed by atoms with Crippen LogP contribution in [0.25, 0.3) is 0 Å². The summed E-state index contributed by atoms with van der Waals surface area (Å²) in [6.45, 7) is 10.7. The van der Waals surface area contributed by atoms with E-state index < -0.39 is 0 Å². The van der Waals surface area contributed by atoms with E-state index in [0.29, 0.717) is 0 Å². The van der Waals surface area contributed by atoms with Crippen molar-refractivity contribution in [3.05, 3.63) is 69.8 Å². The van der Waals surface area contributed by atoms with E-state index in [1.807, 2.05) is 0 Å². The van der Waals surface area contributed by atoms with Gasteiger partial charge in [0, 0.05) is 6.54 Å². The fraction of sp³-hybridized carbons (Fsp3) is 0.368. The highest BCUT2D eigenvalue weighted by Gasteiger charge is 2.03. The van der Waals surface area contributed by atoms with Crippen LogP contribution in [0.3, 0.4) is 0 Å². The van der Waals surface area contributed by atoms with Crippen LogP contribution in [-0.2, 0) is 13.0 Å². The largest absolute Gasteiger partial charge is 0.312 e. The van der Waals surface area contributed by atoms with Gasteiger partial charge in [-0.15, -0.1) is 0 Å². The number of rotatable bonds is 5. The van der Waals surface area contributed by atoms with Crippen molar-refractivity contribution in [2.45, 2.75) is 40.7 Å². The summed E-state index contributed by atoms with van der Waals surface area (Å²) in [6, 6.07) is 13.3. The van der Waals surface area contributed by atoms with Gasteiger partial charge in [-0.05, 0) is 62.9 Å². The van der Waals surface area contributed by atoms with Crippen LogP contribution in [0.15, 0.2) is 36.4 Å². The lowest BCUT2D eigenvalue weighted by Crippen LogP contribution is -2.18. The van der Waals surface area contributed by atoms with E-state index in [2.05, 4.69) is 69.4 Å². The predicted octanol–water partition coefficient (Wildman–Crippen LogP) is 4.25. The molecule has 0 fully saturated rings. The molecule has 0 aliphatic heterocycles. The van der Waals surface area contributed by atoms with Gasteiger partial charge in [-0.1, -0.05) is 47.5 Å². The number of benzene rings is 2. The van der Waals surface area contributed by atoms with Gasteiger partial charge in [0.2, 0.25) is 0 Å². The highest BCUT2D eigenvalue weighted by Crippen LogP contribution is 2.16. The first-order chi connectivity index (χ1) is 9.56. The predicted molar refractivity (Wildman–Crippen MR) is 87.2 cm³/mol. The van der Waals surface area contributed by atoms with Crippen LogP contribution in [0.4, 0.5) is 0 Å². The average Bonchev–Trinajstić information content (AvgIpc) is 2.36. The molecule has 20 heavy (non-hydrogen) atoms. The molecule has 2 aromatic carbocycles. The normalized spacial score (nSPS) is 10.8. The van der Waals surface area contributed by atoms with Crippen molar-refractivity contribution < 1.29 is 0 Å². The van der Waals surface area contributed by atoms with Gasteiger partial charge in [-0.25, -0.2) is 0 Å². The number of aryl methyl sites for hydroxylation is 4. The zero-order valence-corrected chi connectivity index (χ0v) is 13.1. The number of hydrogen-bond acceptors (Lipinski definition) is 1. The summed E-state index contributed by atoms with van der Waals surface area (Å²) in [4.78, 5) is 0. The molecule has 1 heteroatoms. The summed E-state index contributed by atoms with van der Waals surface area (Å²) in [5.41, 5.74) is 8.34. The molecule has 0 heterocycles. The van der Waals surface area contributed by atoms with Gasteiger partial charge in [-0.3, -0.25) is 0 Å². The summed E-state index contributed by atoms with van der Waals surface area (Å²) in [5.74, 6) is 0. The molecule has 0 aliphatic carbocycles. The molecule has 0 saturated heterocycles. The summed E-state index contributed by atoms with van der Waals surface area (Å²) in [7, 11) is 0. The van der Waals surface area contributed by atoms with Crippen LogP contribution >= 0.6 is 0 Å². The van der Waals surface area contributed by atoms with Crippen LogP contribution < -0.4 is 5.32 Å². The van der Waals surface area contributed by atoms with Crippen LogP contribution in [0.1, 0.15) is 33.4 Å². The standard InChI is InChI=1S/C19H25N/c1-14-6-5-7-18(12-14)8-9-20-13-19-16(3)10-15(2)11-17(19)4/h5-7,10-12,20H,8-9,13H2,1-4H3. The summed E-state index contributed by atoms with van der Waals surface area (Å²) in [6.07, 6.45) is 1.09. The van der Waals surface area contributed by atoms with Crippen LogP contribution in [0, 0.1) is 27.7 Å². The third-order valence-electron chi connectivity index (χ3n) is 3.82. The quantitative estimate of drug-likeness (QED) is 0.798. The van der Waals surface area contributed by atoms with Crippen molar-refractivity contribution in [1.82, 2.24) is 5.32 Å². The Balaban J connectivity index is 1.88. The molecule has 1 nitrogen and oxygen atoms in total. The van der Waals surface area contributed by atoms with Gasteiger partial charge in [0.25, 0.3) is 0 Å². The first kappa shape index (κ1) is 14.8. The van der Waals surface area contributed by atoms with Crippen LogP contribution in [-0.4, -0.2) is 6.54 Å². The second kappa shape index (κ2) is 6.71. The molecule has 0 aliphatic rings. The lowest BCUT2D eigenvalue weighted by Gasteiger charge is -2.12. The second-order valence-corrected chi connectivity index (χ2v) is 5.79. The van der Waals surface area contributed by atoms with Gasteiger partial charge in [0.05, 0.1) is 0 Å². The SMILES string of the molecule is Cc1cccc(CCNCc2c(C)cc(C)cc2C)c1. The Kier molecular flexibility index (Phi) is 4.97. The molecule has 0 radical (unpaired) electrons. The molecule has 0 saturated carbocycles. The smallest absolute Gasteiger partial charge is 0.0210 e. The molecular weight excluding hydrogens is 242 g/mol. The Labute approximate surface area is 123 Å². The highest BCUT2D eigenvalue weighted by atomic mass is 14.8. The minimum absolute atomic E-state index is 0.962. The number of nitrogens with one attached hydrogen (secondary N) is 1. The molecule has 1 N–H and O–H groups in total. The fourth-order valence-corrected chi connectivity index (χ4v) is 2.80. The topological polar surface area (TPSA) is 12.0 Å². The second-order valence-electron chi connectivity index (χ2n) is 5.79. The minimum Gasteiger partial charge on any atom is -0.312 e. The van der Waals surface area contributed by atoms with Crippen molar-refractivity contribution in [3.63, 3.8) is 0 Å². The fourth-order valence-electron chi connectivity index (χ4n) is 2.80. The first-order valence-corrected chi connectivity index (χ1v) is 7.39. The van der Waals surface area contributed by atoms with E-state index in [0.717, 1.165) is 19.5 Å². The third kappa shape index (κ3) is 3.94. The molecular formula is C19H25N. The van der Waals surface area contributed by atoms with Gasteiger partial charge in [-0.2, -0.15) is 0 Å². The zero-order chi connectivity index (χ0) is 14.5. The Hall–Kier alpha value is -1.60. The van der Waals surface area contributed by atoms with E-state index in [1.54, 1.807) is 0 Å². The maximum Gasteiger partial charge on any atom is 0.0210 e. The summed E-state index contributed by atoms with van der Waals surface area (Å²) >= 11 is 0. The van der Waals surface area contributed by atoms with Crippen LogP contribution in [0.2, 0.25) is 0 Å². The molecule has 0 atom stereocenters. The Morgan fingerprint density at radius 2 is 1.55 bits per heavy atom. The molecule has 0 unspecified atom stereocenters. The van der Waals surface area contributed by atoms with Gasteiger partial charge >= 0.3 is 0 Å². The van der Waals surface area contributed by atoms with E-state index in [9.17, 15) is 0 Å². The summed E-state index contributed by atoms with van der Waals surface area (Å²) < 4.78 is 0. The van der Waals surface area contributed by atoms with E-state index >= 15 is 0 Å². The van der Waals surface area contributed by atoms with Crippen molar-refractivity contribution >= 4 is 0 Å². The monoisotopic (exact) mass is 267 g/mol.